The highest BCUT2D eigenvalue weighted by atomic mass is 16.7. The van der Waals surface area contributed by atoms with Crippen LogP contribution in [0.2, 0.25) is 0 Å². The third kappa shape index (κ3) is 4.21. The molecular formula is C26H19NO7. The summed E-state index contributed by atoms with van der Waals surface area (Å²) in [5, 5.41) is 0. The number of aryl methyl sites for hydroxylation is 1. The second kappa shape index (κ2) is 8.74. The van der Waals surface area contributed by atoms with E-state index in [1.807, 2.05) is 31.2 Å². The minimum absolute atomic E-state index is 0.114. The van der Waals surface area contributed by atoms with E-state index in [2.05, 4.69) is 4.99 Å². The van der Waals surface area contributed by atoms with Crippen LogP contribution in [-0.4, -0.2) is 31.7 Å². The minimum Gasteiger partial charge on any atom is -0.493 e. The summed E-state index contributed by atoms with van der Waals surface area (Å²) in [6.07, 6.45) is 1.58. The summed E-state index contributed by atoms with van der Waals surface area (Å²) in [5.41, 5.74) is 2.90. The Morgan fingerprint density at radius 1 is 0.971 bits per heavy atom. The van der Waals surface area contributed by atoms with E-state index < -0.39 is 11.9 Å². The summed E-state index contributed by atoms with van der Waals surface area (Å²) in [7, 11) is 1.46. The summed E-state index contributed by atoms with van der Waals surface area (Å²) in [6.45, 7) is 2.09. The van der Waals surface area contributed by atoms with Crippen molar-refractivity contribution in [1.29, 1.82) is 0 Å². The van der Waals surface area contributed by atoms with Crippen molar-refractivity contribution >= 4 is 23.9 Å². The Balaban J connectivity index is 1.36. The first-order chi connectivity index (χ1) is 16.5. The number of benzene rings is 3. The van der Waals surface area contributed by atoms with Gasteiger partial charge in [-0.3, -0.25) is 0 Å². The lowest BCUT2D eigenvalue weighted by molar-refractivity contribution is -0.129. The number of nitrogens with zero attached hydrogens (tertiary/aromatic N) is 1. The molecule has 2 heterocycles. The maximum absolute atomic E-state index is 12.6. The molecule has 0 saturated carbocycles. The lowest BCUT2D eigenvalue weighted by atomic mass is 10.1. The van der Waals surface area contributed by atoms with Gasteiger partial charge in [0, 0.05) is 5.56 Å². The van der Waals surface area contributed by atoms with Gasteiger partial charge in [0.1, 0.15) is 0 Å². The van der Waals surface area contributed by atoms with Gasteiger partial charge in [-0.2, -0.15) is 0 Å². The number of esters is 2. The average Bonchev–Trinajstić information content (AvgIpc) is 3.46. The molecule has 0 unspecified atom stereocenters. The molecule has 0 radical (unpaired) electrons. The van der Waals surface area contributed by atoms with Crippen LogP contribution in [0.4, 0.5) is 0 Å². The summed E-state index contributed by atoms with van der Waals surface area (Å²) in [5.74, 6) is 0.727. The van der Waals surface area contributed by atoms with Gasteiger partial charge in [-0.25, -0.2) is 14.6 Å². The molecule has 0 saturated heterocycles. The molecule has 2 aliphatic heterocycles. The zero-order valence-corrected chi connectivity index (χ0v) is 18.4. The number of hydrogen-bond donors (Lipinski definition) is 0. The van der Waals surface area contributed by atoms with Crippen molar-refractivity contribution in [3.8, 4) is 23.0 Å². The van der Waals surface area contributed by atoms with Crippen molar-refractivity contribution in [2.75, 3.05) is 13.9 Å². The summed E-state index contributed by atoms with van der Waals surface area (Å²) >= 11 is 0. The van der Waals surface area contributed by atoms with Crippen LogP contribution in [0, 0.1) is 6.92 Å². The highest BCUT2D eigenvalue weighted by Gasteiger charge is 2.24. The van der Waals surface area contributed by atoms with Crippen LogP contribution in [0.1, 0.15) is 27.0 Å². The lowest BCUT2D eigenvalue weighted by Gasteiger charge is -2.10. The molecule has 0 bridgehead atoms. The van der Waals surface area contributed by atoms with Crippen LogP contribution in [0.15, 0.2) is 71.4 Å². The quantitative estimate of drug-likeness (QED) is 0.320. The van der Waals surface area contributed by atoms with E-state index in [4.69, 9.17) is 23.7 Å². The predicted octanol–water partition coefficient (Wildman–Crippen LogP) is 4.30. The van der Waals surface area contributed by atoms with Crippen LogP contribution in [0.5, 0.6) is 23.0 Å². The molecule has 3 aromatic rings. The minimum atomic E-state index is -0.575. The van der Waals surface area contributed by atoms with Crippen LogP contribution >= 0.6 is 0 Å². The third-order valence-electron chi connectivity index (χ3n) is 5.22. The number of cyclic esters (lactones) is 1. The van der Waals surface area contributed by atoms with Crippen molar-refractivity contribution in [2.24, 2.45) is 4.99 Å². The smallest absolute Gasteiger partial charge is 0.363 e. The fourth-order valence-corrected chi connectivity index (χ4v) is 3.43. The standard InChI is InChI=1S/C26H19NO7/c1-15-3-6-17(7-4-15)24-27-19(26(29)34-24)11-16-5-9-21(22(12-16)30-2)33-25(28)18-8-10-20-23(13-18)32-14-31-20/h3-13H,14H2,1-2H3. The summed E-state index contributed by atoms with van der Waals surface area (Å²) in [6, 6.07) is 17.2. The van der Waals surface area contributed by atoms with E-state index in [1.165, 1.54) is 7.11 Å². The molecule has 8 nitrogen and oxygen atoms in total. The number of hydrogen-bond acceptors (Lipinski definition) is 8. The summed E-state index contributed by atoms with van der Waals surface area (Å²) < 4.78 is 26.8. The Kier molecular flexibility index (Phi) is 5.47. The number of fused-ring (bicyclic) bond motifs is 1. The predicted molar refractivity (Wildman–Crippen MR) is 122 cm³/mol. The van der Waals surface area contributed by atoms with Crippen LogP contribution in [0.3, 0.4) is 0 Å². The average molecular weight is 457 g/mol. The number of carbonyl (C=O) groups excluding carboxylic acids is 2. The molecule has 34 heavy (non-hydrogen) atoms. The molecule has 5 rings (SSSR count). The highest BCUT2D eigenvalue weighted by molar-refractivity contribution is 6.12. The maximum atomic E-state index is 12.6. The van der Waals surface area contributed by atoms with E-state index in [-0.39, 0.29) is 24.1 Å². The van der Waals surface area contributed by atoms with Crippen molar-refractivity contribution in [2.45, 2.75) is 6.92 Å². The highest BCUT2D eigenvalue weighted by Crippen LogP contribution is 2.34. The zero-order chi connectivity index (χ0) is 23.7. The van der Waals surface area contributed by atoms with Crippen LogP contribution < -0.4 is 18.9 Å². The molecule has 3 aromatic carbocycles. The Labute approximate surface area is 195 Å². The fourth-order valence-electron chi connectivity index (χ4n) is 3.43. The second-order valence-electron chi connectivity index (χ2n) is 7.57. The van der Waals surface area contributed by atoms with Gasteiger partial charge in [-0.1, -0.05) is 23.8 Å². The molecule has 8 heteroatoms. The normalized spacial score (nSPS) is 15.2. The van der Waals surface area contributed by atoms with E-state index in [1.54, 1.807) is 42.5 Å². The summed E-state index contributed by atoms with van der Waals surface area (Å²) in [4.78, 5) is 29.2. The van der Waals surface area contributed by atoms with Crippen LogP contribution in [-0.2, 0) is 9.53 Å². The van der Waals surface area contributed by atoms with Gasteiger partial charge in [0.15, 0.2) is 28.7 Å². The number of aliphatic imine (C=N–C) groups is 1. The van der Waals surface area contributed by atoms with E-state index in [0.717, 1.165) is 5.56 Å². The fraction of sp³-hybridized carbons (Fsp3) is 0.115. The molecule has 0 aromatic heterocycles. The maximum Gasteiger partial charge on any atom is 0.363 e. The van der Waals surface area contributed by atoms with E-state index in [9.17, 15) is 9.59 Å². The molecule has 0 aliphatic carbocycles. The largest absolute Gasteiger partial charge is 0.493 e. The number of ether oxygens (including phenoxy) is 5. The van der Waals surface area contributed by atoms with Crippen LogP contribution in [0.25, 0.3) is 6.08 Å². The molecule has 0 amide bonds. The van der Waals surface area contributed by atoms with Crippen molar-refractivity contribution in [3.63, 3.8) is 0 Å². The van der Waals surface area contributed by atoms with E-state index in [0.29, 0.717) is 33.9 Å². The number of methoxy groups -OCH3 is 1. The Hall–Kier alpha value is -4.59. The van der Waals surface area contributed by atoms with Gasteiger partial charge in [-0.15, -0.1) is 0 Å². The molecule has 170 valence electrons. The van der Waals surface area contributed by atoms with Gasteiger partial charge in [0.25, 0.3) is 0 Å². The van der Waals surface area contributed by atoms with Gasteiger partial charge in [0.05, 0.1) is 12.7 Å². The SMILES string of the molecule is COc1cc(C=C2N=C(c3ccc(C)cc3)OC2=O)ccc1OC(=O)c1ccc2c(c1)OCO2. The van der Waals surface area contributed by atoms with Gasteiger partial charge in [0.2, 0.25) is 12.7 Å². The second-order valence-corrected chi connectivity index (χ2v) is 7.57. The first-order valence-electron chi connectivity index (χ1n) is 10.4. The van der Waals surface area contributed by atoms with Gasteiger partial charge < -0.3 is 23.7 Å². The molecule has 0 fully saturated rings. The van der Waals surface area contributed by atoms with Crippen molar-refractivity contribution in [1.82, 2.24) is 0 Å². The monoisotopic (exact) mass is 457 g/mol. The lowest BCUT2D eigenvalue weighted by Crippen LogP contribution is -2.09. The third-order valence-corrected chi connectivity index (χ3v) is 5.22. The molecule has 0 atom stereocenters. The number of carbonyl (C=O) groups is 2. The van der Waals surface area contributed by atoms with Gasteiger partial charge >= 0.3 is 11.9 Å². The first-order valence-corrected chi connectivity index (χ1v) is 10.4. The topological polar surface area (TPSA) is 92.7 Å². The Bertz CT molecular complexity index is 1360. The molecule has 0 N–H and O–H groups in total. The number of rotatable bonds is 5. The first kappa shape index (κ1) is 21.3. The van der Waals surface area contributed by atoms with Gasteiger partial charge in [-0.05, 0) is 61.0 Å². The van der Waals surface area contributed by atoms with Crippen molar-refractivity contribution < 1.29 is 33.3 Å². The molecule has 0 spiro atoms. The zero-order valence-electron chi connectivity index (χ0n) is 18.4. The molecule has 2 aliphatic rings. The Morgan fingerprint density at radius 3 is 2.56 bits per heavy atom. The van der Waals surface area contributed by atoms with E-state index >= 15 is 0 Å². The molecular weight excluding hydrogens is 438 g/mol. The van der Waals surface area contributed by atoms with Crippen molar-refractivity contribution in [3.05, 3.63) is 88.6 Å². The Morgan fingerprint density at radius 2 is 1.76 bits per heavy atom.